The second-order valence-electron chi connectivity index (χ2n) is 9.04. The van der Waals surface area contributed by atoms with Gasteiger partial charge in [-0.1, -0.05) is 11.3 Å². The van der Waals surface area contributed by atoms with Gasteiger partial charge in [0, 0.05) is 17.0 Å². The van der Waals surface area contributed by atoms with Crippen molar-refractivity contribution >= 4 is 54.5 Å². The molecule has 160 valence electrons. The van der Waals surface area contributed by atoms with Crippen LogP contribution in [0, 0.1) is 12.3 Å². The summed E-state index contributed by atoms with van der Waals surface area (Å²) in [5.41, 5.74) is 1.63. The van der Waals surface area contributed by atoms with Crippen molar-refractivity contribution in [1.82, 2.24) is 4.98 Å². The molecule has 0 aliphatic rings. The number of hydrogen-bond donors (Lipinski definition) is 1. The number of aromatic nitrogens is 1. The minimum atomic E-state index is -0.590. The SMILES string of the molecule is CC(=O)Nc1nc2cc(C)c([C@@H](COC(=O)C(C)(C)C)OC(C)(C)C)c(Br)c2s1. The molecule has 6 nitrogen and oxygen atoms in total. The molecule has 0 bridgehead atoms. The summed E-state index contributed by atoms with van der Waals surface area (Å²) in [6.45, 7) is 14.9. The van der Waals surface area contributed by atoms with Gasteiger partial charge in [-0.3, -0.25) is 9.59 Å². The highest BCUT2D eigenvalue weighted by Gasteiger charge is 2.30. The van der Waals surface area contributed by atoms with Crippen molar-refractivity contribution in [2.75, 3.05) is 11.9 Å². The van der Waals surface area contributed by atoms with Crippen LogP contribution in [0.3, 0.4) is 0 Å². The Morgan fingerprint density at radius 2 is 1.86 bits per heavy atom. The minimum absolute atomic E-state index is 0.107. The number of rotatable bonds is 5. The van der Waals surface area contributed by atoms with Crippen LogP contribution in [0.1, 0.15) is 65.7 Å². The number of nitrogens with zero attached hydrogens (tertiary/aromatic N) is 1. The molecule has 29 heavy (non-hydrogen) atoms. The number of nitrogens with one attached hydrogen (secondary N) is 1. The number of ether oxygens (including phenoxy) is 2. The number of benzene rings is 1. The number of fused-ring (bicyclic) bond motifs is 1. The van der Waals surface area contributed by atoms with Gasteiger partial charge in [0.2, 0.25) is 5.91 Å². The number of carbonyl (C=O) groups is 2. The molecule has 2 aromatic rings. The third kappa shape index (κ3) is 6.23. The van der Waals surface area contributed by atoms with Gasteiger partial charge in [0.05, 0.1) is 21.2 Å². The monoisotopic (exact) mass is 484 g/mol. The van der Waals surface area contributed by atoms with Crippen LogP contribution >= 0.6 is 27.3 Å². The number of thiazole rings is 1. The molecule has 1 aromatic heterocycles. The second kappa shape index (κ2) is 8.70. The maximum absolute atomic E-state index is 12.3. The van der Waals surface area contributed by atoms with E-state index in [0.717, 1.165) is 25.8 Å². The summed E-state index contributed by atoms with van der Waals surface area (Å²) >= 11 is 5.09. The molecule has 1 heterocycles. The van der Waals surface area contributed by atoms with Crippen molar-refractivity contribution in [3.63, 3.8) is 0 Å². The van der Waals surface area contributed by atoms with Crippen LogP contribution in [-0.4, -0.2) is 29.1 Å². The molecule has 0 saturated carbocycles. The van der Waals surface area contributed by atoms with Crippen LogP contribution in [0.5, 0.6) is 0 Å². The second-order valence-corrected chi connectivity index (χ2v) is 10.8. The van der Waals surface area contributed by atoms with E-state index in [1.54, 1.807) is 0 Å². The van der Waals surface area contributed by atoms with E-state index < -0.39 is 17.1 Å². The molecule has 1 aromatic carbocycles. The van der Waals surface area contributed by atoms with E-state index in [0.29, 0.717) is 5.13 Å². The van der Waals surface area contributed by atoms with Crippen LogP contribution in [0.4, 0.5) is 5.13 Å². The molecule has 8 heteroatoms. The Morgan fingerprint density at radius 1 is 1.24 bits per heavy atom. The zero-order chi connectivity index (χ0) is 22.1. The first-order valence-electron chi connectivity index (χ1n) is 9.41. The summed E-state index contributed by atoms with van der Waals surface area (Å²) in [4.78, 5) is 28.2. The highest BCUT2D eigenvalue weighted by Crippen LogP contribution is 2.41. The van der Waals surface area contributed by atoms with Crippen LogP contribution in [0.2, 0.25) is 0 Å². The Labute approximate surface area is 184 Å². The van der Waals surface area contributed by atoms with Gasteiger partial charge >= 0.3 is 5.97 Å². The number of aryl methyl sites for hydroxylation is 1. The third-order valence-electron chi connectivity index (χ3n) is 3.95. The number of esters is 1. The Bertz CT molecular complexity index is 925. The molecule has 1 N–H and O–H groups in total. The normalized spacial score (nSPS) is 13.4. The number of hydrogen-bond acceptors (Lipinski definition) is 6. The highest BCUT2D eigenvalue weighted by molar-refractivity contribution is 9.10. The Hall–Kier alpha value is -1.51. The molecule has 1 amide bonds. The summed E-state index contributed by atoms with van der Waals surface area (Å²) in [7, 11) is 0. The maximum Gasteiger partial charge on any atom is 0.311 e. The van der Waals surface area contributed by atoms with Gasteiger partial charge in [-0.25, -0.2) is 4.98 Å². The lowest BCUT2D eigenvalue weighted by molar-refractivity contribution is -0.162. The van der Waals surface area contributed by atoms with Crippen molar-refractivity contribution < 1.29 is 19.1 Å². The lowest BCUT2D eigenvalue weighted by Crippen LogP contribution is -2.29. The van der Waals surface area contributed by atoms with E-state index in [1.807, 2.05) is 54.5 Å². The number of amides is 1. The van der Waals surface area contributed by atoms with E-state index >= 15 is 0 Å². The molecular weight excluding hydrogens is 456 g/mol. The van der Waals surface area contributed by atoms with Crippen molar-refractivity contribution in [3.05, 3.63) is 21.7 Å². The quantitative estimate of drug-likeness (QED) is 0.544. The van der Waals surface area contributed by atoms with Gasteiger partial charge in [-0.05, 0) is 76.0 Å². The molecule has 0 unspecified atom stereocenters. The Morgan fingerprint density at radius 3 is 2.38 bits per heavy atom. The first kappa shape index (κ1) is 23.8. The molecule has 2 rings (SSSR count). The molecule has 0 fully saturated rings. The summed E-state index contributed by atoms with van der Waals surface area (Å²) in [5, 5.41) is 3.27. The topological polar surface area (TPSA) is 77.5 Å². The van der Waals surface area contributed by atoms with E-state index in [1.165, 1.54) is 18.3 Å². The molecule has 0 aliphatic carbocycles. The highest BCUT2D eigenvalue weighted by atomic mass is 79.9. The minimum Gasteiger partial charge on any atom is -0.462 e. The predicted octanol–water partition coefficient (Wildman–Crippen LogP) is 5.77. The third-order valence-corrected chi connectivity index (χ3v) is 6.04. The van der Waals surface area contributed by atoms with Gasteiger partial charge in [0.15, 0.2) is 5.13 Å². The van der Waals surface area contributed by atoms with Gasteiger partial charge in [0.25, 0.3) is 0 Å². The molecule has 0 saturated heterocycles. The predicted molar refractivity (Wildman–Crippen MR) is 120 cm³/mol. The van der Waals surface area contributed by atoms with E-state index in [2.05, 4.69) is 26.2 Å². The number of carbonyl (C=O) groups excluding carboxylic acids is 2. The number of anilines is 1. The maximum atomic E-state index is 12.3. The zero-order valence-electron chi connectivity index (χ0n) is 18.2. The lowest BCUT2D eigenvalue weighted by Gasteiger charge is -2.30. The van der Waals surface area contributed by atoms with Crippen molar-refractivity contribution in [3.8, 4) is 0 Å². The van der Waals surface area contributed by atoms with E-state index in [9.17, 15) is 9.59 Å². The van der Waals surface area contributed by atoms with Crippen LogP contribution < -0.4 is 5.32 Å². The number of halogens is 1. The molecule has 0 spiro atoms. The van der Waals surface area contributed by atoms with Crippen LogP contribution in [0.25, 0.3) is 10.2 Å². The fraction of sp³-hybridized carbons (Fsp3) is 0.571. The Balaban J connectivity index is 2.47. The van der Waals surface area contributed by atoms with Gasteiger partial charge in [-0.15, -0.1) is 0 Å². The largest absolute Gasteiger partial charge is 0.462 e. The van der Waals surface area contributed by atoms with E-state index in [4.69, 9.17) is 9.47 Å². The standard InChI is InChI=1S/C21H29BrN2O4S/c1-11-9-13-17(29-19(24-13)23-12(2)25)16(22)15(11)14(28-21(6,7)8)10-27-18(26)20(3,4)5/h9,14H,10H2,1-8H3,(H,23,24,25)/t14-/m1/s1. The lowest BCUT2D eigenvalue weighted by atomic mass is 9.97. The fourth-order valence-electron chi connectivity index (χ4n) is 2.74. The van der Waals surface area contributed by atoms with Gasteiger partial charge in [0.1, 0.15) is 12.7 Å². The summed E-state index contributed by atoms with van der Waals surface area (Å²) in [5.74, 6) is -0.444. The fourth-order valence-corrected chi connectivity index (χ4v) is 4.69. The molecule has 0 radical (unpaired) electrons. The van der Waals surface area contributed by atoms with E-state index in [-0.39, 0.29) is 18.5 Å². The average Bonchev–Trinajstić information content (AvgIpc) is 2.91. The van der Waals surface area contributed by atoms with Gasteiger partial charge < -0.3 is 14.8 Å². The zero-order valence-corrected chi connectivity index (χ0v) is 20.6. The first-order valence-corrected chi connectivity index (χ1v) is 11.0. The van der Waals surface area contributed by atoms with Crippen LogP contribution in [0.15, 0.2) is 10.5 Å². The van der Waals surface area contributed by atoms with Crippen LogP contribution in [-0.2, 0) is 19.1 Å². The van der Waals surface area contributed by atoms with Crippen molar-refractivity contribution in [2.45, 2.75) is 67.1 Å². The molecule has 0 aliphatic heterocycles. The molecule has 1 atom stereocenters. The average molecular weight is 485 g/mol. The van der Waals surface area contributed by atoms with Crippen molar-refractivity contribution in [2.24, 2.45) is 5.41 Å². The smallest absolute Gasteiger partial charge is 0.311 e. The van der Waals surface area contributed by atoms with Crippen molar-refractivity contribution in [1.29, 1.82) is 0 Å². The summed E-state index contributed by atoms with van der Waals surface area (Å²) < 4.78 is 13.6. The summed E-state index contributed by atoms with van der Waals surface area (Å²) in [6.07, 6.45) is -0.452. The van der Waals surface area contributed by atoms with Gasteiger partial charge in [-0.2, -0.15) is 0 Å². The molecular formula is C21H29BrN2O4S. The first-order chi connectivity index (χ1) is 13.2. The summed E-state index contributed by atoms with van der Waals surface area (Å²) in [6, 6.07) is 1.96. The Kier molecular flexibility index (Phi) is 7.13.